The van der Waals surface area contributed by atoms with Crippen LogP contribution in [-0.2, 0) is 6.42 Å². The van der Waals surface area contributed by atoms with Gasteiger partial charge in [0.05, 0.1) is 12.1 Å². The molecule has 1 saturated carbocycles. The summed E-state index contributed by atoms with van der Waals surface area (Å²) >= 11 is 0. The van der Waals surface area contributed by atoms with E-state index in [1.165, 1.54) is 6.33 Å². The number of aliphatic hydroxyl groups excluding tert-OH is 1. The summed E-state index contributed by atoms with van der Waals surface area (Å²) in [6, 6.07) is 0. The van der Waals surface area contributed by atoms with Crippen LogP contribution in [0.4, 0.5) is 11.6 Å². The number of nitrogens with two attached hydrogens (primary N) is 1. The van der Waals surface area contributed by atoms with E-state index in [1.807, 2.05) is 6.92 Å². The van der Waals surface area contributed by atoms with E-state index in [2.05, 4.69) is 15.3 Å². The Hall–Kier alpha value is -1.36. The van der Waals surface area contributed by atoms with Gasteiger partial charge in [0.25, 0.3) is 0 Å². The summed E-state index contributed by atoms with van der Waals surface area (Å²) in [7, 11) is 0. The summed E-state index contributed by atoms with van der Waals surface area (Å²) in [5.74, 6) is 1.28. The molecule has 0 unspecified atom stereocenters. The maximum absolute atomic E-state index is 9.21. The minimum atomic E-state index is -0.162. The summed E-state index contributed by atoms with van der Waals surface area (Å²) in [5.41, 5.74) is 6.52. The molecule has 5 nitrogen and oxygen atoms in total. The van der Waals surface area contributed by atoms with E-state index in [0.29, 0.717) is 5.82 Å². The highest BCUT2D eigenvalue weighted by atomic mass is 16.3. The average molecular weight is 208 g/mol. The first-order chi connectivity index (χ1) is 7.21. The fourth-order valence-corrected chi connectivity index (χ4v) is 1.61. The number of aromatic nitrogens is 2. The summed E-state index contributed by atoms with van der Waals surface area (Å²) in [6.45, 7) is 2.15. The van der Waals surface area contributed by atoms with Gasteiger partial charge in [-0.1, -0.05) is 6.92 Å². The number of hydrogen-bond donors (Lipinski definition) is 3. The van der Waals surface area contributed by atoms with E-state index in [0.717, 1.165) is 30.6 Å². The van der Waals surface area contributed by atoms with Crippen molar-refractivity contribution in [2.45, 2.75) is 31.7 Å². The van der Waals surface area contributed by atoms with Gasteiger partial charge in [0, 0.05) is 5.56 Å². The molecule has 4 N–H and O–H groups in total. The number of nitrogens with zero attached hydrogens (tertiary/aromatic N) is 2. The van der Waals surface area contributed by atoms with Crippen LogP contribution in [0.3, 0.4) is 0 Å². The summed E-state index contributed by atoms with van der Waals surface area (Å²) in [4.78, 5) is 8.12. The standard InChI is InChI=1S/C10H16N4O/c1-2-7-8(11)12-6-13-9(7)14-10(5-15)3-4-10/h6,15H,2-5H2,1H3,(H3,11,12,13,14). The monoisotopic (exact) mass is 208 g/mol. The first-order valence-electron chi connectivity index (χ1n) is 5.19. The van der Waals surface area contributed by atoms with Crippen molar-refractivity contribution in [3.05, 3.63) is 11.9 Å². The number of nitrogen functional groups attached to an aromatic ring is 1. The summed E-state index contributed by atoms with van der Waals surface area (Å²) < 4.78 is 0. The van der Waals surface area contributed by atoms with E-state index in [4.69, 9.17) is 5.73 Å². The molecule has 1 aromatic rings. The molecule has 0 radical (unpaired) electrons. The van der Waals surface area contributed by atoms with Gasteiger partial charge < -0.3 is 16.2 Å². The average Bonchev–Trinajstić information content (AvgIpc) is 2.99. The van der Waals surface area contributed by atoms with E-state index in [1.54, 1.807) is 0 Å². The zero-order valence-electron chi connectivity index (χ0n) is 8.82. The third-order valence-electron chi connectivity index (χ3n) is 2.87. The Labute approximate surface area is 88.7 Å². The van der Waals surface area contributed by atoms with Gasteiger partial charge in [0.15, 0.2) is 0 Å². The highest BCUT2D eigenvalue weighted by molar-refractivity contribution is 5.56. The molecule has 0 atom stereocenters. The Morgan fingerprint density at radius 1 is 1.53 bits per heavy atom. The molecule has 2 rings (SSSR count). The molecule has 1 aliphatic rings. The number of nitrogens with one attached hydrogen (secondary N) is 1. The molecule has 15 heavy (non-hydrogen) atoms. The molecule has 82 valence electrons. The lowest BCUT2D eigenvalue weighted by atomic mass is 10.2. The quantitative estimate of drug-likeness (QED) is 0.673. The third-order valence-corrected chi connectivity index (χ3v) is 2.87. The first-order valence-corrected chi connectivity index (χ1v) is 5.19. The molecule has 1 aliphatic carbocycles. The maximum Gasteiger partial charge on any atom is 0.135 e. The molecule has 1 aromatic heterocycles. The van der Waals surface area contributed by atoms with Gasteiger partial charge in [-0.2, -0.15) is 0 Å². The van der Waals surface area contributed by atoms with E-state index in [-0.39, 0.29) is 12.1 Å². The molecule has 0 saturated heterocycles. The molecule has 0 amide bonds. The predicted molar refractivity (Wildman–Crippen MR) is 58.5 cm³/mol. The molecule has 0 spiro atoms. The van der Waals surface area contributed by atoms with Crippen LogP contribution in [0.25, 0.3) is 0 Å². The number of rotatable bonds is 4. The molecule has 0 aromatic carbocycles. The molecule has 1 heterocycles. The third kappa shape index (κ3) is 1.87. The van der Waals surface area contributed by atoms with Crippen LogP contribution < -0.4 is 11.1 Å². The normalized spacial score (nSPS) is 17.5. The first kappa shape index (κ1) is 10.2. The molecule has 0 aliphatic heterocycles. The van der Waals surface area contributed by atoms with Crippen molar-refractivity contribution in [3.8, 4) is 0 Å². The number of hydrogen-bond acceptors (Lipinski definition) is 5. The second-order valence-corrected chi connectivity index (χ2v) is 4.00. The minimum absolute atomic E-state index is 0.139. The predicted octanol–water partition coefficient (Wildman–Crippen LogP) is 0.558. The van der Waals surface area contributed by atoms with Gasteiger partial charge in [-0.25, -0.2) is 9.97 Å². The molecule has 0 bridgehead atoms. The maximum atomic E-state index is 9.21. The van der Waals surface area contributed by atoms with Crippen molar-refractivity contribution in [3.63, 3.8) is 0 Å². The smallest absolute Gasteiger partial charge is 0.135 e. The van der Waals surface area contributed by atoms with Crippen molar-refractivity contribution in [1.29, 1.82) is 0 Å². The molecule has 5 heteroatoms. The largest absolute Gasteiger partial charge is 0.394 e. The lowest BCUT2D eigenvalue weighted by Gasteiger charge is -2.17. The van der Waals surface area contributed by atoms with Crippen LogP contribution in [0.15, 0.2) is 6.33 Å². The van der Waals surface area contributed by atoms with Crippen molar-refractivity contribution >= 4 is 11.6 Å². The zero-order valence-corrected chi connectivity index (χ0v) is 8.82. The van der Waals surface area contributed by atoms with Gasteiger partial charge >= 0.3 is 0 Å². The lowest BCUT2D eigenvalue weighted by molar-refractivity contribution is 0.266. The Balaban J connectivity index is 2.24. The van der Waals surface area contributed by atoms with Crippen LogP contribution in [0.2, 0.25) is 0 Å². The number of aliphatic hydroxyl groups is 1. The minimum Gasteiger partial charge on any atom is -0.394 e. The lowest BCUT2D eigenvalue weighted by Crippen LogP contribution is -2.27. The van der Waals surface area contributed by atoms with Crippen LogP contribution in [0.5, 0.6) is 0 Å². The molecule has 1 fully saturated rings. The van der Waals surface area contributed by atoms with Crippen LogP contribution in [0.1, 0.15) is 25.3 Å². The van der Waals surface area contributed by atoms with E-state index < -0.39 is 0 Å². The van der Waals surface area contributed by atoms with Crippen molar-refractivity contribution in [1.82, 2.24) is 9.97 Å². The second-order valence-electron chi connectivity index (χ2n) is 4.00. The SMILES string of the molecule is CCc1c(N)ncnc1NC1(CO)CC1. The fourth-order valence-electron chi connectivity index (χ4n) is 1.61. The van der Waals surface area contributed by atoms with Crippen LogP contribution in [-0.4, -0.2) is 27.2 Å². The molecular weight excluding hydrogens is 192 g/mol. The highest BCUT2D eigenvalue weighted by Crippen LogP contribution is 2.38. The van der Waals surface area contributed by atoms with Crippen molar-refractivity contribution in [2.75, 3.05) is 17.7 Å². The summed E-state index contributed by atoms with van der Waals surface area (Å²) in [6.07, 6.45) is 4.20. The second kappa shape index (κ2) is 3.66. The van der Waals surface area contributed by atoms with Crippen LogP contribution >= 0.6 is 0 Å². The highest BCUT2D eigenvalue weighted by Gasteiger charge is 2.42. The Kier molecular flexibility index (Phi) is 2.48. The van der Waals surface area contributed by atoms with Crippen molar-refractivity contribution < 1.29 is 5.11 Å². The van der Waals surface area contributed by atoms with E-state index >= 15 is 0 Å². The zero-order chi connectivity index (χ0) is 10.9. The van der Waals surface area contributed by atoms with Gasteiger partial charge in [0.1, 0.15) is 18.0 Å². The fraction of sp³-hybridized carbons (Fsp3) is 0.600. The van der Waals surface area contributed by atoms with Gasteiger partial charge in [-0.3, -0.25) is 0 Å². The van der Waals surface area contributed by atoms with Crippen molar-refractivity contribution in [2.24, 2.45) is 0 Å². The van der Waals surface area contributed by atoms with Gasteiger partial charge in [-0.05, 0) is 19.3 Å². The number of anilines is 2. The van der Waals surface area contributed by atoms with Crippen LogP contribution in [0, 0.1) is 0 Å². The Morgan fingerprint density at radius 3 is 2.80 bits per heavy atom. The Morgan fingerprint density at radius 2 is 2.27 bits per heavy atom. The molecular formula is C10H16N4O. The Bertz CT molecular complexity index is 362. The summed E-state index contributed by atoms with van der Waals surface area (Å²) in [5, 5.41) is 12.5. The topological polar surface area (TPSA) is 84.1 Å². The van der Waals surface area contributed by atoms with Gasteiger partial charge in [-0.15, -0.1) is 0 Å². The van der Waals surface area contributed by atoms with Gasteiger partial charge in [0.2, 0.25) is 0 Å². The van der Waals surface area contributed by atoms with E-state index in [9.17, 15) is 5.11 Å².